The van der Waals surface area contributed by atoms with Gasteiger partial charge in [0.05, 0.1) is 11.2 Å². The van der Waals surface area contributed by atoms with Crippen LogP contribution in [-0.2, 0) is 4.74 Å². The third-order valence-corrected chi connectivity index (χ3v) is 3.43. The lowest BCUT2D eigenvalue weighted by Crippen LogP contribution is -2.47. The second-order valence-corrected chi connectivity index (χ2v) is 5.80. The van der Waals surface area contributed by atoms with Crippen molar-refractivity contribution in [3.8, 4) is 0 Å². The molecular formula is C14H32BO4. The summed E-state index contributed by atoms with van der Waals surface area (Å²) in [6.45, 7) is 10.5. The molecule has 0 fully saturated rings. The SMILES string of the molecule is CCCCCCCCOC(C)(C)C(C)(C)O.O[B]O. The predicted octanol–water partition coefficient (Wildman–Crippen LogP) is 2.42. The van der Waals surface area contributed by atoms with Crippen LogP contribution >= 0.6 is 0 Å². The van der Waals surface area contributed by atoms with Gasteiger partial charge in [-0.3, -0.25) is 0 Å². The van der Waals surface area contributed by atoms with Crippen molar-refractivity contribution in [1.82, 2.24) is 0 Å². The lowest BCUT2D eigenvalue weighted by Gasteiger charge is -2.37. The van der Waals surface area contributed by atoms with Crippen LogP contribution in [0.25, 0.3) is 0 Å². The minimum absolute atomic E-state index is 0. The Morgan fingerprint density at radius 2 is 1.32 bits per heavy atom. The van der Waals surface area contributed by atoms with Crippen LogP contribution in [0.15, 0.2) is 0 Å². The smallest absolute Gasteiger partial charge is 0.429 e. The lowest BCUT2D eigenvalue weighted by molar-refractivity contribution is -0.147. The van der Waals surface area contributed by atoms with Crippen LogP contribution in [-0.4, -0.2) is 40.6 Å². The summed E-state index contributed by atoms with van der Waals surface area (Å²) in [6, 6.07) is 0. The van der Waals surface area contributed by atoms with Crippen LogP contribution in [0.2, 0.25) is 0 Å². The molecule has 0 amide bonds. The summed E-state index contributed by atoms with van der Waals surface area (Å²) in [4.78, 5) is 0. The molecule has 0 aliphatic rings. The van der Waals surface area contributed by atoms with E-state index >= 15 is 0 Å². The quantitative estimate of drug-likeness (QED) is 0.446. The maximum absolute atomic E-state index is 9.89. The third kappa shape index (κ3) is 12.7. The van der Waals surface area contributed by atoms with Crippen LogP contribution < -0.4 is 0 Å². The van der Waals surface area contributed by atoms with Gasteiger partial charge in [0.25, 0.3) is 0 Å². The molecule has 0 unspecified atom stereocenters. The molecule has 0 aliphatic carbocycles. The molecule has 0 spiro atoms. The summed E-state index contributed by atoms with van der Waals surface area (Å²) in [5.74, 6) is 0. The van der Waals surface area contributed by atoms with E-state index in [1.54, 1.807) is 13.8 Å². The van der Waals surface area contributed by atoms with Crippen molar-refractivity contribution >= 4 is 7.69 Å². The highest BCUT2D eigenvalue weighted by atomic mass is 16.5. The molecule has 0 aromatic carbocycles. The first-order valence-electron chi connectivity index (χ1n) is 7.19. The topological polar surface area (TPSA) is 69.9 Å². The lowest BCUT2D eigenvalue weighted by atomic mass is 9.89. The molecule has 115 valence electrons. The van der Waals surface area contributed by atoms with E-state index in [-0.39, 0.29) is 7.69 Å². The number of rotatable bonds is 9. The van der Waals surface area contributed by atoms with Crippen molar-refractivity contribution in [1.29, 1.82) is 0 Å². The largest absolute Gasteiger partial charge is 0.482 e. The maximum atomic E-state index is 9.89. The van der Waals surface area contributed by atoms with Gasteiger partial charge in [0, 0.05) is 6.61 Å². The second-order valence-electron chi connectivity index (χ2n) is 5.80. The van der Waals surface area contributed by atoms with Crippen molar-refractivity contribution < 1.29 is 19.9 Å². The zero-order valence-electron chi connectivity index (χ0n) is 13.3. The average molecular weight is 275 g/mol. The highest BCUT2D eigenvalue weighted by Crippen LogP contribution is 2.25. The van der Waals surface area contributed by atoms with Crippen molar-refractivity contribution in [3.63, 3.8) is 0 Å². The molecule has 19 heavy (non-hydrogen) atoms. The van der Waals surface area contributed by atoms with E-state index in [1.165, 1.54) is 32.1 Å². The van der Waals surface area contributed by atoms with Gasteiger partial charge in [0.1, 0.15) is 0 Å². The molecule has 1 radical (unpaired) electrons. The Kier molecular flexibility index (Phi) is 13.1. The van der Waals surface area contributed by atoms with Gasteiger partial charge in [-0.2, -0.15) is 0 Å². The summed E-state index contributed by atoms with van der Waals surface area (Å²) < 4.78 is 5.75. The molecular weight excluding hydrogens is 243 g/mol. The van der Waals surface area contributed by atoms with E-state index < -0.39 is 11.2 Å². The van der Waals surface area contributed by atoms with E-state index in [0.29, 0.717) is 0 Å². The number of hydrogen-bond donors (Lipinski definition) is 3. The first kappa shape index (κ1) is 21.2. The second kappa shape index (κ2) is 11.7. The molecule has 0 saturated heterocycles. The van der Waals surface area contributed by atoms with Gasteiger partial charge in [0.2, 0.25) is 0 Å². The van der Waals surface area contributed by atoms with Gasteiger partial charge in [-0.05, 0) is 34.1 Å². The first-order valence-corrected chi connectivity index (χ1v) is 7.19. The van der Waals surface area contributed by atoms with Gasteiger partial charge in [0.15, 0.2) is 0 Å². The van der Waals surface area contributed by atoms with Crippen molar-refractivity contribution in [2.45, 2.75) is 84.3 Å². The van der Waals surface area contributed by atoms with Crippen LogP contribution in [0.5, 0.6) is 0 Å². The highest BCUT2D eigenvalue weighted by Gasteiger charge is 2.35. The summed E-state index contributed by atoms with van der Waals surface area (Å²) in [6.07, 6.45) is 7.62. The minimum Gasteiger partial charge on any atom is -0.429 e. The summed E-state index contributed by atoms with van der Waals surface area (Å²) in [5.41, 5.74) is -1.24. The molecule has 0 aromatic heterocycles. The molecule has 0 aliphatic heterocycles. The number of ether oxygens (including phenoxy) is 1. The molecule has 3 N–H and O–H groups in total. The molecule has 5 heteroatoms. The fraction of sp³-hybridized carbons (Fsp3) is 1.00. The molecule has 0 atom stereocenters. The number of hydrogen-bond acceptors (Lipinski definition) is 4. The monoisotopic (exact) mass is 275 g/mol. The average Bonchev–Trinajstić information content (AvgIpc) is 2.27. The standard InChI is InChI=1S/C14H30O2.BH2O2/c1-6-7-8-9-10-11-12-16-14(4,5)13(2,3)15;2-1-3/h15H,6-12H2,1-5H3;2-3H. The van der Waals surface area contributed by atoms with Crippen LogP contribution in [0.3, 0.4) is 0 Å². The fourth-order valence-electron chi connectivity index (χ4n) is 1.39. The number of aliphatic hydroxyl groups is 1. The van der Waals surface area contributed by atoms with E-state index in [4.69, 9.17) is 14.8 Å². The van der Waals surface area contributed by atoms with Crippen LogP contribution in [0.1, 0.15) is 73.1 Å². The van der Waals surface area contributed by atoms with E-state index in [0.717, 1.165) is 13.0 Å². The zero-order chi connectivity index (χ0) is 15.4. The Balaban J connectivity index is 0. The molecule has 0 rings (SSSR count). The molecule has 0 saturated carbocycles. The normalized spacial score (nSPS) is 11.8. The minimum atomic E-state index is -0.783. The Morgan fingerprint density at radius 3 is 1.74 bits per heavy atom. The van der Waals surface area contributed by atoms with Crippen molar-refractivity contribution in [2.24, 2.45) is 0 Å². The molecule has 0 bridgehead atoms. The van der Waals surface area contributed by atoms with Crippen LogP contribution in [0.4, 0.5) is 0 Å². The molecule has 0 aromatic rings. The highest BCUT2D eigenvalue weighted by molar-refractivity contribution is 6.13. The van der Waals surface area contributed by atoms with Gasteiger partial charge in [-0.1, -0.05) is 39.0 Å². The Bertz CT molecular complexity index is 190. The van der Waals surface area contributed by atoms with Gasteiger partial charge >= 0.3 is 7.69 Å². The van der Waals surface area contributed by atoms with E-state index in [2.05, 4.69) is 6.92 Å². The Morgan fingerprint density at radius 1 is 0.895 bits per heavy atom. The first-order chi connectivity index (χ1) is 8.72. The van der Waals surface area contributed by atoms with E-state index in [9.17, 15) is 5.11 Å². The van der Waals surface area contributed by atoms with Gasteiger partial charge in [-0.15, -0.1) is 0 Å². The van der Waals surface area contributed by atoms with Crippen molar-refractivity contribution in [2.75, 3.05) is 6.61 Å². The molecule has 0 heterocycles. The summed E-state index contributed by atoms with van der Waals surface area (Å²) in [5, 5.41) is 23.9. The van der Waals surface area contributed by atoms with Gasteiger partial charge < -0.3 is 19.9 Å². The fourth-order valence-corrected chi connectivity index (χ4v) is 1.39. The predicted molar refractivity (Wildman–Crippen MR) is 79.9 cm³/mol. The number of unbranched alkanes of at least 4 members (excludes halogenated alkanes) is 5. The zero-order valence-corrected chi connectivity index (χ0v) is 13.3. The van der Waals surface area contributed by atoms with Gasteiger partial charge in [-0.25, -0.2) is 0 Å². The molecule has 4 nitrogen and oxygen atoms in total. The maximum Gasteiger partial charge on any atom is 0.482 e. The Labute approximate surface area is 119 Å². The van der Waals surface area contributed by atoms with Crippen molar-refractivity contribution in [3.05, 3.63) is 0 Å². The third-order valence-electron chi connectivity index (χ3n) is 3.43. The summed E-state index contributed by atoms with van der Waals surface area (Å²) in [7, 11) is 0. The summed E-state index contributed by atoms with van der Waals surface area (Å²) >= 11 is 0. The van der Waals surface area contributed by atoms with Crippen LogP contribution in [0, 0.1) is 0 Å². The Hall–Kier alpha value is -0.0951. The van der Waals surface area contributed by atoms with E-state index in [1.807, 2.05) is 13.8 Å².